The van der Waals surface area contributed by atoms with Crippen molar-refractivity contribution in [3.63, 3.8) is 0 Å². The third-order valence-electron chi connectivity index (χ3n) is 7.24. The van der Waals surface area contributed by atoms with Crippen LogP contribution in [0.4, 0.5) is 0 Å². The maximum absolute atomic E-state index is 12.4. The molecule has 168 valence electrons. The van der Waals surface area contributed by atoms with Crippen LogP contribution < -0.4 is 0 Å². The first kappa shape index (κ1) is 23.0. The van der Waals surface area contributed by atoms with Crippen LogP contribution in [-0.4, -0.2) is 56.5 Å². The van der Waals surface area contributed by atoms with Gasteiger partial charge in [-0.2, -0.15) is 0 Å². The van der Waals surface area contributed by atoms with Crippen LogP contribution in [0.25, 0.3) is 0 Å². The molecule has 0 N–H and O–H groups in total. The second-order valence-electron chi connectivity index (χ2n) is 11.0. The summed E-state index contributed by atoms with van der Waals surface area (Å²) < 4.78 is 29.8. The number of ether oxygens (including phenoxy) is 5. The summed E-state index contributed by atoms with van der Waals surface area (Å²) in [6, 6.07) is 0. The number of carbonyl (C=O) groups is 1. The highest BCUT2D eigenvalue weighted by Crippen LogP contribution is 2.47. The average Bonchev–Trinajstić information content (AvgIpc) is 3.20. The zero-order valence-electron chi connectivity index (χ0n) is 19.3. The van der Waals surface area contributed by atoms with Gasteiger partial charge in [0.25, 0.3) is 0 Å². The molecule has 0 aromatic heterocycles. The van der Waals surface area contributed by atoms with E-state index in [1.807, 2.05) is 20.8 Å². The Hall–Kier alpha value is -0.690. The van der Waals surface area contributed by atoms with Crippen LogP contribution in [0.1, 0.15) is 74.1 Å². The van der Waals surface area contributed by atoms with Crippen LogP contribution in [0.3, 0.4) is 0 Å². The van der Waals surface area contributed by atoms with Gasteiger partial charge in [0.2, 0.25) is 0 Å². The molecule has 0 aromatic rings. The van der Waals surface area contributed by atoms with E-state index in [4.69, 9.17) is 23.7 Å². The van der Waals surface area contributed by atoms with Crippen LogP contribution in [0.2, 0.25) is 0 Å². The highest BCUT2D eigenvalue weighted by Gasteiger charge is 2.51. The Labute approximate surface area is 175 Å². The summed E-state index contributed by atoms with van der Waals surface area (Å²) >= 11 is 0. The molecule has 2 aliphatic heterocycles. The zero-order valence-corrected chi connectivity index (χ0v) is 19.3. The number of rotatable bonds is 7. The molecular formula is C23H40O6. The predicted octanol–water partition coefficient (Wildman–Crippen LogP) is 4.10. The highest BCUT2D eigenvalue weighted by molar-refractivity contribution is 5.76. The van der Waals surface area contributed by atoms with Gasteiger partial charge in [0.05, 0.1) is 24.7 Å². The molecule has 2 heterocycles. The van der Waals surface area contributed by atoms with Crippen molar-refractivity contribution in [2.75, 3.05) is 20.0 Å². The molecular weight excluding hydrogens is 372 g/mol. The van der Waals surface area contributed by atoms with Gasteiger partial charge in [0.15, 0.2) is 6.10 Å². The quantitative estimate of drug-likeness (QED) is 0.463. The van der Waals surface area contributed by atoms with Crippen LogP contribution in [0.15, 0.2) is 0 Å². The van der Waals surface area contributed by atoms with E-state index in [1.165, 1.54) is 19.3 Å². The second-order valence-corrected chi connectivity index (χ2v) is 11.0. The molecule has 3 fully saturated rings. The number of hydrogen-bond acceptors (Lipinski definition) is 6. The maximum atomic E-state index is 12.4. The highest BCUT2D eigenvalue weighted by atomic mass is 16.7. The molecule has 3 aliphatic rings. The van der Waals surface area contributed by atoms with Gasteiger partial charge in [0, 0.05) is 0 Å². The summed E-state index contributed by atoms with van der Waals surface area (Å²) in [5.74, 6) is -0.202. The van der Waals surface area contributed by atoms with E-state index in [0.29, 0.717) is 13.2 Å². The average molecular weight is 413 g/mol. The summed E-state index contributed by atoms with van der Waals surface area (Å²) in [7, 11) is 0. The zero-order chi connectivity index (χ0) is 21.4. The number of carbonyl (C=O) groups excluding carboxylic acids is 1. The summed E-state index contributed by atoms with van der Waals surface area (Å²) in [6.07, 6.45) is 3.41. The fourth-order valence-corrected chi connectivity index (χ4v) is 5.08. The molecule has 0 aromatic carbocycles. The van der Waals surface area contributed by atoms with Crippen LogP contribution in [0, 0.1) is 16.2 Å². The van der Waals surface area contributed by atoms with E-state index in [2.05, 4.69) is 27.7 Å². The number of hydrogen-bond donors (Lipinski definition) is 0. The van der Waals surface area contributed by atoms with Gasteiger partial charge in [-0.15, -0.1) is 0 Å². The van der Waals surface area contributed by atoms with Crippen molar-refractivity contribution in [3.05, 3.63) is 0 Å². The van der Waals surface area contributed by atoms with Gasteiger partial charge in [-0.1, -0.05) is 41.0 Å². The third kappa shape index (κ3) is 4.81. The minimum atomic E-state index is -0.500. The minimum Gasteiger partial charge on any atom is -0.457 e. The SMILES string of the molecule is CCC(C)(C)C(=O)OC1COC2C(OCOC3C(C)(C)CCCC3(C)C)COC12. The molecule has 0 spiro atoms. The third-order valence-corrected chi connectivity index (χ3v) is 7.24. The minimum absolute atomic E-state index is 0.134. The molecule has 4 unspecified atom stereocenters. The van der Waals surface area contributed by atoms with Crippen molar-refractivity contribution in [1.29, 1.82) is 0 Å². The lowest BCUT2D eigenvalue weighted by atomic mass is 9.63. The van der Waals surface area contributed by atoms with E-state index in [9.17, 15) is 4.79 Å². The first-order valence-electron chi connectivity index (χ1n) is 11.2. The molecule has 0 amide bonds. The number of esters is 1. The van der Waals surface area contributed by atoms with Crippen molar-refractivity contribution in [3.8, 4) is 0 Å². The predicted molar refractivity (Wildman–Crippen MR) is 109 cm³/mol. The van der Waals surface area contributed by atoms with E-state index in [0.717, 1.165) is 6.42 Å². The summed E-state index contributed by atoms with van der Waals surface area (Å²) in [4.78, 5) is 12.4. The lowest BCUT2D eigenvalue weighted by molar-refractivity contribution is -0.199. The van der Waals surface area contributed by atoms with E-state index in [-0.39, 0.29) is 54.1 Å². The molecule has 3 rings (SSSR count). The van der Waals surface area contributed by atoms with E-state index >= 15 is 0 Å². The molecule has 0 bridgehead atoms. The fraction of sp³-hybridized carbons (Fsp3) is 0.957. The Balaban J connectivity index is 1.50. The maximum Gasteiger partial charge on any atom is 0.311 e. The molecule has 2 saturated heterocycles. The fourth-order valence-electron chi connectivity index (χ4n) is 5.08. The van der Waals surface area contributed by atoms with E-state index < -0.39 is 5.41 Å². The normalized spacial score (nSPS) is 34.2. The van der Waals surface area contributed by atoms with Crippen molar-refractivity contribution < 1.29 is 28.5 Å². The molecule has 1 aliphatic carbocycles. The van der Waals surface area contributed by atoms with Crippen molar-refractivity contribution in [2.24, 2.45) is 16.2 Å². The smallest absolute Gasteiger partial charge is 0.311 e. The molecule has 6 heteroatoms. The van der Waals surface area contributed by atoms with Gasteiger partial charge in [-0.25, -0.2) is 0 Å². The van der Waals surface area contributed by atoms with Crippen LogP contribution in [0.5, 0.6) is 0 Å². The topological polar surface area (TPSA) is 63.2 Å². The van der Waals surface area contributed by atoms with Gasteiger partial charge in [-0.05, 0) is 43.9 Å². The van der Waals surface area contributed by atoms with Crippen molar-refractivity contribution in [1.82, 2.24) is 0 Å². The van der Waals surface area contributed by atoms with Gasteiger partial charge >= 0.3 is 5.97 Å². The largest absolute Gasteiger partial charge is 0.457 e. The van der Waals surface area contributed by atoms with Gasteiger partial charge < -0.3 is 23.7 Å². The molecule has 1 saturated carbocycles. The van der Waals surface area contributed by atoms with Gasteiger partial charge in [-0.3, -0.25) is 4.79 Å². The molecule has 4 atom stereocenters. The Morgan fingerprint density at radius 1 is 0.966 bits per heavy atom. The summed E-state index contributed by atoms with van der Waals surface area (Å²) in [5, 5.41) is 0. The van der Waals surface area contributed by atoms with E-state index in [1.54, 1.807) is 0 Å². The first-order chi connectivity index (χ1) is 13.5. The standard InChI is InChI=1S/C23H40O6/c1-8-21(2,3)20(24)29-16-13-26-17-15(12-25-18(16)17)27-14-28-19-22(4,5)10-9-11-23(19,6)7/h15-19H,8-14H2,1-7H3. The molecule has 0 radical (unpaired) electrons. The first-order valence-corrected chi connectivity index (χ1v) is 11.2. The lowest BCUT2D eigenvalue weighted by Crippen LogP contribution is -2.47. The van der Waals surface area contributed by atoms with Crippen molar-refractivity contribution >= 4 is 5.97 Å². The Morgan fingerprint density at radius 3 is 2.10 bits per heavy atom. The van der Waals surface area contributed by atoms with Gasteiger partial charge in [0.1, 0.15) is 25.1 Å². The Bertz CT molecular complexity index is 568. The van der Waals surface area contributed by atoms with Crippen molar-refractivity contribution in [2.45, 2.75) is 105 Å². The molecule has 29 heavy (non-hydrogen) atoms. The lowest BCUT2D eigenvalue weighted by Gasteiger charge is -2.48. The molecule has 6 nitrogen and oxygen atoms in total. The second kappa shape index (κ2) is 8.45. The summed E-state index contributed by atoms with van der Waals surface area (Å²) in [6.45, 7) is 15.9. The monoisotopic (exact) mass is 412 g/mol. The Morgan fingerprint density at radius 2 is 1.52 bits per heavy atom. The van der Waals surface area contributed by atoms with Crippen LogP contribution >= 0.6 is 0 Å². The number of fused-ring (bicyclic) bond motifs is 1. The van der Waals surface area contributed by atoms with Crippen LogP contribution in [-0.2, 0) is 28.5 Å². The Kier molecular flexibility index (Phi) is 6.69. The summed E-state index contributed by atoms with van der Waals surface area (Å²) in [5.41, 5.74) is -0.232.